The predicted molar refractivity (Wildman–Crippen MR) is 112 cm³/mol. The zero-order valence-corrected chi connectivity index (χ0v) is 16.5. The van der Waals surface area contributed by atoms with Gasteiger partial charge in [0.05, 0.1) is 5.56 Å². The summed E-state index contributed by atoms with van der Waals surface area (Å²) in [4.78, 5) is 12.4. The molecule has 3 aromatic carbocycles. The summed E-state index contributed by atoms with van der Waals surface area (Å²) in [5, 5.41) is 13.0. The third-order valence-electron chi connectivity index (χ3n) is 4.35. The predicted octanol–water partition coefficient (Wildman–Crippen LogP) is 6.00. The molecule has 0 saturated carbocycles. The molecule has 0 fully saturated rings. The lowest BCUT2D eigenvalue weighted by Crippen LogP contribution is -2.12. The Balaban J connectivity index is 1.65. The fourth-order valence-corrected chi connectivity index (χ4v) is 2.89. The average Bonchev–Trinajstić information content (AvgIpc) is 2.69. The summed E-state index contributed by atoms with van der Waals surface area (Å²) in [6.07, 6.45) is 0. The average molecular weight is 396 g/mol. The van der Waals surface area contributed by atoms with Crippen LogP contribution in [0.15, 0.2) is 66.7 Å². The molecule has 0 bridgehead atoms. The third kappa shape index (κ3) is 5.05. The van der Waals surface area contributed by atoms with Gasteiger partial charge in [0.2, 0.25) is 0 Å². The van der Waals surface area contributed by atoms with Gasteiger partial charge in [-0.25, -0.2) is 0 Å². The van der Waals surface area contributed by atoms with Crippen molar-refractivity contribution in [2.75, 3.05) is 5.32 Å². The van der Waals surface area contributed by atoms with E-state index in [1.165, 1.54) is 23.8 Å². The van der Waals surface area contributed by atoms with E-state index in [2.05, 4.69) is 43.4 Å². The SMILES string of the molecule is CC(C)c1ccc(COc2cccc(NC(=O)c3cc(Cl)ccc3O)c2)cc1. The van der Waals surface area contributed by atoms with Crippen LogP contribution in [0.4, 0.5) is 5.69 Å². The fraction of sp³-hybridized carbons (Fsp3) is 0.174. The van der Waals surface area contributed by atoms with Crippen LogP contribution >= 0.6 is 11.6 Å². The molecule has 0 aromatic heterocycles. The molecule has 0 unspecified atom stereocenters. The van der Waals surface area contributed by atoms with Gasteiger partial charge in [-0.15, -0.1) is 0 Å². The molecule has 0 spiro atoms. The van der Waals surface area contributed by atoms with Crippen LogP contribution in [0.3, 0.4) is 0 Å². The molecular weight excluding hydrogens is 374 g/mol. The minimum Gasteiger partial charge on any atom is -0.507 e. The Morgan fingerprint density at radius 2 is 1.82 bits per heavy atom. The van der Waals surface area contributed by atoms with Crippen molar-refractivity contribution in [3.05, 3.63) is 88.4 Å². The van der Waals surface area contributed by atoms with Crippen LogP contribution in [-0.2, 0) is 6.61 Å². The molecule has 3 rings (SSSR count). The van der Waals surface area contributed by atoms with E-state index in [4.69, 9.17) is 16.3 Å². The Morgan fingerprint density at radius 3 is 2.54 bits per heavy atom. The highest BCUT2D eigenvalue weighted by Gasteiger charge is 2.12. The van der Waals surface area contributed by atoms with Crippen molar-refractivity contribution < 1.29 is 14.6 Å². The van der Waals surface area contributed by atoms with Gasteiger partial charge in [-0.1, -0.05) is 55.8 Å². The van der Waals surface area contributed by atoms with Crippen molar-refractivity contribution in [1.82, 2.24) is 0 Å². The molecule has 144 valence electrons. The summed E-state index contributed by atoms with van der Waals surface area (Å²) in [7, 11) is 0. The molecule has 3 aromatic rings. The first-order valence-electron chi connectivity index (χ1n) is 9.04. The second-order valence-corrected chi connectivity index (χ2v) is 7.26. The molecule has 28 heavy (non-hydrogen) atoms. The number of hydrogen-bond donors (Lipinski definition) is 2. The summed E-state index contributed by atoms with van der Waals surface area (Å²) in [6.45, 7) is 4.76. The van der Waals surface area contributed by atoms with Crippen molar-refractivity contribution in [2.24, 2.45) is 0 Å². The molecule has 0 saturated heterocycles. The Hall–Kier alpha value is -2.98. The lowest BCUT2D eigenvalue weighted by molar-refractivity contribution is 0.102. The number of amides is 1. The van der Waals surface area contributed by atoms with Crippen LogP contribution in [0.1, 0.15) is 41.3 Å². The summed E-state index contributed by atoms with van der Waals surface area (Å²) in [6, 6.07) is 19.8. The lowest BCUT2D eigenvalue weighted by Gasteiger charge is -2.11. The number of phenolic OH excluding ortho intramolecular Hbond substituents is 1. The number of ether oxygens (including phenoxy) is 1. The van der Waals surface area contributed by atoms with Crippen LogP contribution in [0.5, 0.6) is 11.5 Å². The molecule has 0 radical (unpaired) electrons. The second kappa shape index (κ2) is 8.81. The maximum atomic E-state index is 12.4. The molecule has 1 amide bonds. The van der Waals surface area contributed by atoms with Gasteiger partial charge >= 0.3 is 0 Å². The smallest absolute Gasteiger partial charge is 0.259 e. The zero-order valence-electron chi connectivity index (χ0n) is 15.8. The monoisotopic (exact) mass is 395 g/mol. The molecule has 0 aliphatic rings. The Morgan fingerprint density at radius 1 is 1.07 bits per heavy atom. The zero-order chi connectivity index (χ0) is 20.1. The maximum absolute atomic E-state index is 12.4. The summed E-state index contributed by atoms with van der Waals surface area (Å²) in [5.74, 6) is 0.566. The van der Waals surface area contributed by atoms with E-state index in [-0.39, 0.29) is 11.3 Å². The Kier molecular flexibility index (Phi) is 6.22. The number of carbonyl (C=O) groups is 1. The molecule has 4 nitrogen and oxygen atoms in total. The van der Waals surface area contributed by atoms with E-state index < -0.39 is 5.91 Å². The summed E-state index contributed by atoms with van der Waals surface area (Å²) >= 11 is 5.90. The minimum atomic E-state index is -0.443. The molecule has 0 heterocycles. The van der Waals surface area contributed by atoms with Crippen molar-refractivity contribution in [2.45, 2.75) is 26.4 Å². The van der Waals surface area contributed by atoms with E-state index in [1.807, 2.05) is 6.07 Å². The highest BCUT2D eigenvalue weighted by molar-refractivity contribution is 6.31. The number of benzene rings is 3. The van der Waals surface area contributed by atoms with Crippen molar-refractivity contribution in [1.29, 1.82) is 0 Å². The number of anilines is 1. The number of phenols is 1. The van der Waals surface area contributed by atoms with E-state index in [1.54, 1.807) is 18.2 Å². The van der Waals surface area contributed by atoms with Gasteiger partial charge in [0.15, 0.2) is 0 Å². The fourth-order valence-electron chi connectivity index (χ4n) is 2.72. The largest absolute Gasteiger partial charge is 0.507 e. The number of rotatable bonds is 6. The van der Waals surface area contributed by atoms with Crippen LogP contribution < -0.4 is 10.1 Å². The number of carbonyl (C=O) groups excluding carboxylic acids is 1. The van der Waals surface area contributed by atoms with Gasteiger partial charge < -0.3 is 15.2 Å². The Bertz CT molecular complexity index is 968. The van der Waals surface area contributed by atoms with Crippen molar-refractivity contribution in [3.8, 4) is 11.5 Å². The number of aromatic hydroxyl groups is 1. The Labute approximate surface area is 169 Å². The molecule has 2 N–H and O–H groups in total. The van der Waals surface area contributed by atoms with Crippen molar-refractivity contribution >= 4 is 23.2 Å². The van der Waals surface area contributed by atoms with Crippen LogP contribution in [0, 0.1) is 0 Å². The first-order chi connectivity index (χ1) is 13.4. The second-order valence-electron chi connectivity index (χ2n) is 6.83. The number of hydrogen-bond acceptors (Lipinski definition) is 3. The van der Waals surface area contributed by atoms with Gasteiger partial charge in [-0.05, 0) is 47.4 Å². The van der Waals surface area contributed by atoms with Crippen LogP contribution in [0.2, 0.25) is 5.02 Å². The van der Waals surface area contributed by atoms with Gasteiger partial charge in [-0.3, -0.25) is 4.79 Å². The summed E-state index contributed by atoms with van der Waals surface area (Å²) < 4.78 is 5.84. The van der Waals surface area contributed by atoms with E-state index in [0.29, 0.717) is 29.0 Å². The van der Waals surface area contributed by atoms with E-state index in [0.717, 1.165) is 5.56 Å². The van der Waals surface area contributed by atoms with Gasteiger partial charge in [0.25, 0.3) is 5.91 Å². The normalized spacial score (nSPS) is 10.7. The molecule has 0 atom stereocenters. The standard InChI is InChI=1S/C23H22ClNO3/c1-15(2)17-8-6-16(7-9-17)14-28-20-5-3-4-19(13-20)25-23(27)21-12-18(24)10-11-22(21)26/h3-13,15,26H,14H2,1-2H3,(H,25,27). The quantitative estimate of drug-likeness (QED) is 0.538. The van der Waals surface area contributed by atoms with Gasteiger partial charge in [0, 0.05) is 16.8 Å². The summed E-state index contributed by atoms with van der Waals surface area (Å²) in [5.41, 5.74) is 3.04. The molecule has 0 aliphatic carbocycles. The van der Waals surface area contributed by atoms with Crippen LogP contribution in [0.25, 0.3) is 0 Å². The molecule has 0 aliphatic heterocycles. The molecule has 5 heteroatoms. The van der Waals surface area contributed by atoms with Gasteiger partial charge in [0.1, 0.15) is 18.1 Å². The highest BCUT2D eigenvalue weighted by Crippen LogP contribution is 2.24. The van der Waals surface area contributed by atoms with Gasteiger partial charge in [-0.2, -0.15) is 0 Å². The van der Waals surface area contributed by atoms with Crippen molar-refractivity contribution in [3.63, 3.8) is 0 Å². The minimum absolute atomic E-state index is 0.115. The number of nitrogens with one attached hydrogen (secondary N) is 1. The molecular formula is C23H22ClNO3. The lowest BCUT2D eigenvalue weighted by atomic mass is 10.0. The topological polar surface area (TPSA) is 58.6 Å². The maximum Gasteiger partial charge on any atom is 0.259 e. The highest BCUT2D eigenvalue weighted by atomic mass is 35.5. The van der Waals surface area contributed by atoms with E-state index in [9.17, 15) is 9.90 Å². The number of halogens is 1. The first-order valence-corrected chi connectivity index (χ1v) is 9.42. The van der Waals surface area contributed by atoms with Crippen LogP contribution in [-0.4, -0.2) is 11.0 Å². The first kappa shape index (κ1) is 19.8. The third-order valence-corrected chi connectivity index (χ3v) is 4.58. The van der Waals surface area contributed by atoms with E-state index >= 15 is 0 Å².